The van der Waals surface area contributed by atoms with E-state index < -0.39 is 0 Å². The van der Waals surface area contributed by atoms with Gasteiger partial charge in [-0.15, -0.1) is 11.3 Å². The normalized spacial score (nSPS) is 12.7. The predicted octanol–water partition coefficient (Wildman–Crippen LogP) is 3.38. The molecule has 0 aromatic carbocycles. The maximum absolute atomic E-state index is 4.18. The summed E-state index contributed by atoms with van der Waals surface area (Å²) in [5.74, 6) is 0. The Morgan fingerprint density at radius 3 is 3.00 bits per heavy atom. The highest BCUT2D eigenvalue weighted by Crippen LogP contribution is 2.21. The molecule has 0 saturated carbocycles. The molecular formula is C9H10N2S2. The van der Waals surface area contributed by atoms with E-state index in [1.165, 1.54) is 5.56 Å². The lowest BCUT2D eigenvalue weighted by Crippen LogP contribution is -2.04. The molecule has 0 bridgehead atoms. The molecule has 2 rings (SSSR count). The third-order valence-electron chi connectivity index (χ3n) is 1.82. The van der Waals surface area contributed by atoms with Gasteiger partial charge >= 0.3 is 0 Å². The summed E-state index contributed by atoms with van der Waals surface area (Å²) in [6.45, 7) is 2.14. The van der Waals surface area contributed by atoms with Crippen LogP contribution in [0.25, 0.3) is 0 Å². The van der Waals surface area contributed by atoms with Crippen molar-refractivity contribution in [3.63, 3.8) is 0 Å². The van der Waals surface area contributed by atoms with Crippen molar-refractivity contribution < 1.29 is 0 Å². The molecule has 68 valence electrons. The smallest absolute Gasteiger partial charge is 0.183 e. The molecule has 2 heterocycles. The van der Waals surface area contributed by atoms with Gasteiger partial charge in [-0.2, -0.15) is 11.3 Å². The van der Waals surface area contributed by atoms with Gasteiger partial charge in [0, 0.05) is 11.6 Å². The standard InChI is InChI=1S/C9H10N2S2/c1-7(8-2-4-12-6-8)11-9-10-3-5-13-9/h2-7H,1H3,(H,10,11). The van der Waals surface area contributed by atoms with Crippen molar-refractivity contribution >= 4 is 27.8 Å². The Labute approximate surface area is 85.3 Å². The molecule has 0 amide bonds. The summed E-state index contributed by atoms with van der Waals surface area (Å²) in [4.78, 5) is 4.18. The molecule has 0 fully saturated rings. The van der Waals surface area contributed by atoms with E-state index in [0.29, 0.717) is 6.04 Å². The molecule has 1 unspecified atom stereocenters. The van der Waals surface area contributed by atoms with E-state index >= 15 is 0 Å². The van der Waals surface area contributed by atoms with Gasteiger partial charge in [0.1, 0.15) is 0 Å². The van der Waals surface area contributed by atoms with Gasteiger partial charge in [-0.3, -0.25) is 0 Å². The number of hydrogen-bond acceptors (Lipinski definition) is 4. The van der Waals surface area contributed by atoms with Crippen LogP contribution < -0.4 is 5.32 Å². The van der Waals surface area contributed by atoms with Crippen LogP contribution in [0.2, 0.25) is 0 Å². The molecule has 1 N–H and O–H groups in total. The second-order valence-corrected chi connectivity index (χ2v) is 4.43. The Balaban J connectivity index is 2.04. The van der Waals surface area contributed by atoms with Crippen LogP contribution in [-0.4, -0.2) is 4.98 Å². The largest absolute Gasteiger partial charge is 0.355 e. The topological polar surface area (TPSA) is 24.9 Å². The maximum Gasteiger partial charge on any atom is 0.183 e. The van der Waals surface area contributed by atoms with Crippen LogP contribution in [0.15, 0.2) is 28.4 Å². The van der Waals surface area contributed by atoms with Crippen molar-refractivity contribution in [3.05, 3.63) is 34.0 Å². The van der Waals surface area contributed by atoms with E-state index in [1.807, 2.05) is 11.6 Å². The SMILES string of the molecule is CC(Nc1nccs1)c1ccsc1. The first-order chi connectivity index (χ1) is 6.36. The fraction of sp³-hybridized carbons (Fsp3) is 0.222. The van der Waals surface area contributed by atoms with E-state index in [9.17, 15) is 0 Å². The molecule has 13 heavy (non-hydrogen) atoms. The molecule has 1 atom stereocenters. The van der Waals surface area contributed by atoms with Crippen LogP contribution in [0.3, 0.4) is 0 Å². The Kier molecular flexibility index (Phi) is 2.61. The zero-order valence-electron chi connectivity index (χ0n) is 7.23. The second kappa shape index (κ2) is 3.89. The summed E-state index contributed by atoms with van der Waals surface area (Å²) in [7, 11) is 0. The monoisotopic (exact) mass is 210 g/mol. The van der Waals surface area contributed by atoms with Crippen LogP contribution in [0, 0.1) is 0 Å². The summed E-state index contributed by atoms with van der Waals surface area (Å²) < 4.78 is 0. The molecule has 0 aliphatic rings. The molecule has 0 aliphatic carbocycles. The minimum Gasteiger partial charge on any atom is -0.355 e. The first kappa shape index (κ1) is 8.72. The number of anilines is 1. The van der Waals surface area contributed by atoms with Crippen LogP contribution in [0.4, 0.5) is 5.13 Å². The average Bonchev–Trinajstić information content (AvgIpc) is 2.74. The molecule has 0 saturated heterocycles. The molecule has 2 nitrogen and oxygen atoms in total. The second-order valence-electron chi connectivity index (χ2n) is 2.76. The number of nitrogens with zero attached hydrogens (tertiary/aromatic N) is 1. The molecule has 0 aliphatic heterocycles. The summed E-state index contributed by atoms with van der Waals surface area (Å²) in [5, 5.41) is 10.5. The number of thiazole rings is 1. The lowest BCUT2D eigenvalue weighted by molar-refractivity contribution is 0.887. The first-order valence-electron chi connectivity index (χ1n) is 4.04. The molecule has 4 heteroatoms. The summed E-state index contributed by atoms with van der Waals surface area (Å²) >= 11 is 3.35. The fourth-order valence-electron chi connectivity index (χ4n) is 1.08. The van der Waals surface area contributed by atoms with Gasteiger partial charge in [-0.25, -0.2) is 4.98 Å². The maximum atomic E-state index is 4.18. The van der Waals surface area contributed by atoms with Crippen LogP contribution in [0.1, 0.15) is 18.5 Å². The summed E-state index contributed by atoms with van der Waals surface area (Å²) in [6.07, 6.45) is 1.81. The zero-order valence-corrected chi connectivity index (χ0v) is 8.86. The van der Waals surface area contributed by atoms with E-state index in [2.05, 4.69) is 34.1 Å². The van der Waals surface area contributed by atoms with Crippen LogP contribution in [0.5, 0.6) is 0 Å². The summed E-state index contributed by atoms with van der Waals surface area (Å²) in [5.41, 5.74) is 1.32. The van der Waals surface area contributed by atoms with Gasteiger partial charge in [0.05, 0.1) is 6.04 Å². The Bertz CT molecular complexity index is 340. The van der Waals surface area contributed by atoms with Crippen molar-refractivity contribution in [2.24, 2.45) is 0 Å². The van der Waals surface area contributed by atoms with Gasteiger partial charge < -0.3 is 5.32 Å². The molecule has 0 radical (unpaired) electrons. The average molecular weight is 210 g/mol. The van der Waals surface area contributed by atoms with Crippen molar-refractivity contribution in [2.75, 3.05) is 5.32 Å². The van der Waals surface area contributed by atoms with Gasteiger partial charge in [-0.1, -0.05) is 0 Å². The zero-order chi connectivity index (χ0) is 9.10. The third kappa shape index (κ3) is 2.08. The van der Waals surface area contributed by atoms with Crippen molar-refractivity contribution in [1.29, 1.82) is 0 Å². The molecule has 0 spiro atoms. The highest BCUT2D eigenvalue weighted by atomic mass is 32.1. The number of hydrogen-bond donors (Lipinski definition) is 1. The minimum absolute atomic E-state index is 0.345. The lowest BCUT2D eigenvalue weighted by atomic mass is 10.2. The van der Waals surface area contributed by atoms with E-state index in [-0.39, 0.29) is 0 Å². The van der Waals surface area contributed by atoms with E-state index in [4.69, 9.17) is 0 Å². The Hall–Kier alpha value is -0.870. The highest BCUT2D eigenvalue weighted by molar-refractivity contribution is 7.13. The molecular weight excluding hydrogens is 200 g/mol. The minimum atomic E-state index is 0.345. The van der Waals surface area contributed by atoms with E-state index in [0.717, 1.165) is 5.13 Å². The molecule has 2 aromatic rings. The van der Waals surface area contributed by atoms with Crippen molar-refractivity contribution in [3.8, 4) is 0 Å². The molecule has 2 aromatic heterocycles. The fourth-order valence-corrected chi connectivity index (χ4v) is 2.46. The first-order valence-corrected chi connectivity index (χ1v) is 5.86. The number of thiophene rings is 1. The Morgan fingerprint density at radius 2 is 2.38 bits per heavy atom. The number of nitrogens with one attached hydrogen (secondary N) is 1. The van der Waals surface area contributed by atoms with Crippen LogP contribution >= 0.6 is 22.7 Å². The van der Waals surface area contributed by atoms with Crippen LogP contribution in [-0.2, 0) is 0 Å². The van der Waals surface area contributed by atoms with Gasteiger partial charge in [0.15, 0.2) is 5.13 Å². The Morgan fingerprint density at radius 1 is 1.46 bits per heavy atom. The predicted molar refractivity (Wildman–Crippen MR) is 58.5 cm³/mol. The number of aromatic nitrogens is 1. The van der Waals surface area contributed by atoms with Crippen molar-refractivity contribution in [1.82, 2.24) is 4.98 Å². The van der Waals surface area contributed by atoms with Gasteiger partial charge in [0.2, 0.25) is 0 Å². The van der Waals surface area contributed by atoms with E-state index in [1.54, 1.807) is 22.7 Å². The van der Waals surface area contributed by atoms with Gasteiger partial charge in [-0.05, 0) is 29.3 Å². The third-order valence-corrected chi connectivity index (χ3v) is 3.22. The lowest BCUT2D eigenvalue weighted by Gasteiger charge is -2.10. The highest BCUT2D eigenvalue weighted by Gasteiger charge is 2.05. The number of rotatable bonds is 3. The quantitative estimate of drug-likeness (QED) is 0.840. The summed E-state index contributed by atoms with van der Waals surface area (Å²) in [6, 6.07) is 2.48. The van der Waals surface area contributed by atoms with Gasteiger partial charge in [0.25, 0.3) is 0 Å². The van der Waals surface area contributed by atoms with Crippen molar-refractivity contribution in [2.45, 2.75) is 13.0 Å².